The number of hydrogen-bond donors (Lipinski definition) is 1. The van der Waals surface area contributed by atoms with E-state index in [2.05, 4.69) is 19.0 Å². The molecule has 0 aliphatic rings. The fourth-order valence-electron chi connectivity index (χ4n) is 6.31. The maximum Gasteiger partial charge on any atom is 0.260 e. The predicted molar refractivity (Wildman–Crippen MR) is 199 cm³/mol. The number of carbonyl (C=O) groups excluding carboxylic acids is 1. The third kappa shape index (κ3) is 26.1. The maximum atomic E-state index is 13.2. The summed E-state index contributed by atoms with van der Waals surface area (Å²) in [5.41, 5.74) is 0.790. The van der Waals surface area contributed by atoms with E-state index in [-0.39, 0.29) is 12.5 Å². The standard InChI is InChI=1S/C41H74N2O3/c1-3-5-7-9-11-13-15-17-19-21-23-25-27-29-35-43(41(44)38-46-40-33-31-39(32-34-40)37-42-45)36-30-28-26-24-22-20-18-16-14-12-10-8-6-4-2/h31-34,37,45H,3-30,35-36,38H2,1-2H3. The van der Waals surface area contributed by atoms with Gasteiger partial charge in [-0.3, -0.25) is 4.79 Å². The molecule has 5 heteroatoms. The van der Waals surface area contributed by atoms with E-state index in [0.29, 0.717) is 5.75 Å². The van der Waals surface area contributed by atoms with Crippen molar-refractivity contribution in [3.8, 4) is 5.75 Å². The molecule has 0 radical (unpaired) electrons. The highest BCUT2D eigenvalue weighted by Crippen LogP contribution is 2.16. The monoisotopic (exact) mass is 643 g/mol. The molecule has 0 saturated carbocycles. The van der Waals surface area contributed by atoms with Crippen LogP contribution in [-0.4, -0.2) is 41.9 Å². The third-order valence-corrected chi connectivity index (χ3v) is 9.37. The molecule has 0 fully saturated rings. The van der Waals surface area contributed by atoms with Gasteiger partial charge >= 0.3 is 0 Å². The molecule has 46 heavy (non-hydrogen) atoms. The summed E-state index contributed by atoms with van der Waals surface area (Å²) in [6, 6.07) is 7.27. The van der Waals surface area contributed by atoms with E-state index in [1.165, 1.54) is 173 Å². The largest absolute Gasteiger partial charge is 0.484 e. The molecular weight excluding hydrogens is 568 g/mol. The average molecular weight is 643 g/mol. The number of unbranched alkanes of at least 4 members (excludes halogenated alkanes) is 26. The topological polar surface area (TPSA) is 62.1 Å². The maximum absolute atomic E-state index is 13.2. The van der Waals surface area contributed by atoms with Gasteiger partial charge in [0.15, 0.2) is 6.61 Å². The Morgan fingerprint density at radius 3 is 1.22 bits per heavy atom. The van der Waals surface area contributed by atoms with Crippen molar-refractivity contribution in [2.75, 3.05) is 19.7 Å². The van der Waals surface area contributed by atoms with E-state index in [9.17, 15) is 4.79 Å². The minimum Gasteiger partial charge on any atom is -0.484 e. The van der Waals surface area contributed by atoms with Gasteiger partial charge in [-0.25, -0.2) is 0 Å². The number of oxime groups is 1. The number of carbonyl (C=O) groups is 1. The summed E-state index contributed by atoms with van der Waals surface area (Å²) >= 11 is 0. The molecule has 0 spiro atoms. The van der Waals surface area contributed by atoms with Crippen LogP contribution >= 0.6 is 0 Å². The van der Waals surface area contributed by atoms with Crippen molar-refractivity contribution in [2.24, 2.45) is 5.16 Å². The summed E-state index contributed by atoms with van der Waals surface area (Å²) in [6.45, 7) is 6.32. The van der Waals surface area contributed by atoms with Crippen molar-refractivity contribution in [1.29, 1.82) is 0 Å². The fourth-order valence-corrected chi connectivity index (χ4v) is 6.31. The van der Waals surface area contributed by atoms with Crippen molar-refractivity contribution < 1.29 is 14.7 Å². The molecule has 0 heterocycles. The van der Waals surface area contributed by atoms with Crippen LogP contribution < -0.4 is 4.74 Å². The van der Waals surface area contributed by atoms with Gasteiger partial charge in [-0.2, -0.15) is 0 Å². The van der Waals surface area contributed by atoms with Gasteiger partial charge in [0.1, 0.15) is 5.75 Å². The smallest absolute Gasteiger partial charge is 0.260 e. The van der Waals surface area contributed by atoms with Gasteiger partial charge in [-0.1, -0.05) is 186 Å². The first kappa shape index (κ1) is 42.0. The Morgan fingerprint density at radius 1 is 0.565 bits per heavy atom. The fraction of sp³-hybridized carbons (Fsp3) is 0.805. The summed E-state index contributed by atoms with van der Waals surface area (Å²) in [6.07, 6.45) is 39.1. The van der Waals surface area contributed by atoms with Crippen LogP contribution in [0.3, 0.4) is 0 Å². The Labute approximate surface area is 285 Å². The van der Waals surface area contributed by atoms with Gasteiger partial charge in [0.25, 0.3) is 5.91 Å². The zero-order chi connectivity index (χ0) is 33.2. The van der Waals surface area contributed by atoms with E-state index in [4.69, 9.17) is 9.94 Å². The zero-order valence-corrected chi connectivity index (χ0v) is 30.5. The molecule has 1 N–H and O–H groups in total. The van der Waals surface area contributed by atoms with Gasteiger partial charge in [-0.05, 0) is 42.7 Å². The zero-order valence-electron chi connectivity index (χ0n) is 30.5. The van der Waals surface area contributed by atoms with E-state index in [0.717, 1.165) is 31.5 Å². The summed E-state index contributed by atoms with van der Waals surface area (Å²) in [7, 11) is 0. The molecule has 0 aliphatic carbocycles. The lowest BCUT2D eigenvalue weighted by Crippen LogP contribution is -2.36. The van der Waals surface area contributed by atoms with E-state index >= 15 is 0 Å². The third-order valence-electron chi connectivity index (χ3n) is 9.37. The second-order valence-electron chi connectivity index (χ2n) is 13.7. The van der Waals surface area contributed by atoms with Crippen molar-refractivity contribution >= 4 is 12.1 Å². The van der Waals surface area contributed by atoms with Crippen molar-refractivity contribution in [2.45, 2.75) is 194 Å². The van der Waals surface area contributed by atoms with Crippen LogP contribution in [0, 0.1) is 0 Å². The second-order valence-corrected chi connectivity index (χ2v) is 13.7. The van der Waals surface area contributed by atoms with Crippen LogP contribution in [0.4, 0.5) is 0 Å². The Bertz CT molecular complexity index is 778. The minimum absolute atomic E-state index is 0.0741. The molecular formula is C41H74N2O3. The van der Waals surface area contributed by atoms with Crippen LogP contribution in [0.1, 0.15) is 199 Å². The van der Waals surface area contributed by atoms with E-state index in [1.807, 2.05) is 29.2 Å². The van der Waals surface area contributed by atoms with Crippen molar-refractivity contribution in [3.05, 3.63) is 29.8 Å². The van der Waals surface area contributed by atoms with Crippen LogP contribution in [0.2, 0.25) is 0 Å². The van der Waals surface area contributed by atoms with Gasteiger partial charge in [0, 0.05) is 13.1 Å². The second kappa shape index (κ2) is 32.9. The molecule has 1 aromatic carbocycles. The molecule has 0 saturated heterocycles. The van der Waals surface area contributed by atoms with Crippen LogP contribution in [-0.2, 0) is 4.79 Å². The highest BCUT2D eigenvalue weighted by Gasteiger charge is 2.14. The molecule has 0 aliphatic heterocycles. The van der Waals surface area contributed by atoms with E-state index in [1.54, 1.807) is 0 Å². The Hall–Kier alpha value is -2.04. The number of benzene rings is 1. The Kier molecular flexibility index (Phi) is 30.0. The van der Waals surface area contributed by atoms with Gasteiger partial charge in [-0.15, -0.1) is 0 Å². The van der Waals surface area contributed by atoms with Gasteiger partial charge < -0.3 is 14.8 Å². The predicted octanol–water partition coefficient (Wildman–Crippen LogP) is 12.7. The molecule has 266 valence electrons. The lowest BCUT2D eigenvalue weighted by molar-refractivity contribution is -0.133. The van der Waals surface area contributed by atoms with Crippen molar-refractivity contribution in [1.82, 2.24) is 4.90 Å². The number of amides is 1. The summed E-state index contributed by atoms with van der Waals surface area (Å²) in [5.74, 6) is 0.752. The molecule has 0 bridgehead atoms. The molecule has 0 atom stereocenters. The lowest BCUT2D eigenvalue weighted by Gasteiger charge is -2.23. The quantitative estimate of drug-likeness (QED) is 0.0352. The van der Waals surface area contributed by atoms with E-state index < -0.39 is 0 Å². The molecule has 0 unspecified atom stereocenters. The first-order chi connectivity index (χ1) is 22.7. The first-order valence-electron chi connectivity index (χ1n) is 19.9. The Balaban J connectivity index is 2.24. The number of hydrogen-bond acceptors (Lipinski definition) is 4. The van der Waals surface area contributed by atoms with Crippen molar-refractivity contribution in [3.63, 3.8) is 0 Å². The summed E-state index contributed by atoms with van der Waals surface area (Å²) in [5, 5.41) is 11.8. The normalized spacial score (nSPS) is 11.4. The van der Waals surface area contributed by atoms with Crippen LogP contribution in [0.15, 0.2) is 29.4 Å². The molecule has 1 amide bonds. The van der Waals surface area contributed by atoms with Gasteiger partial charge in [0.05, 0.1) is 6.21 Å². The molecule has 1 aromatic rings. The highest BCUT2D eigenvalue weighted by atomic mass is 16.5. The molecule has 0 aromatic heterocycles. The number of nitrogens with zero attached hydrogens (tertiary/aromatic N) is 2. The Morgan fingerprint density at radius 2 is 0.891 bits per heavy atom. The lowest BCUT2D eigenvalue weighted by atomic mass is 10.0. The van der Waals surface area contributed by atoms with Crippen LogP contribution in [0.25, 0.3) is 0 Å². The SMILES string of the molecule is CCCCCCCCCCCCCCCCN(CCCCCCCCCCCCCCCC)C(=O)COc1ccc(C=NO)cc1. The molecule has 1 rings (SSSR count). The average Bonchev–Trinajstić information content (AvgIpc) is 3.07. The van der Waals surface area contributed by atoms with Crippen LogP contribution in [0.5, 0.6) is 5.75 Å². The first-order valence-corrected chi connectivity index (χ1v) is 19.9. The number of rotatable bonds is 34. The molecule has 5 nitrogen and oxygen atoms in total. The minimum atomic E-state index is 0.0741. The summed E-state index contributed by atoms with van der Waals surface area (Å²) < 4.78 is 5.83. The highest BCUT2D eigenvalue weighted by molar-refractivity contribution is 5.79. The number of ether oxygens (including phenoxy) is 1. The van der Waals surface area contributed by atoms with Gasteiger partial charge in [0.2, 0.25) is 0 Å². The summed E-state index contributed by atoms with van der Waals surface area (Å²) in [4.78, 5) is 15.2.